The van der Waals surface area contributed by atoms with E-state index in [0.29, 0.717) is 109 Å². The second kappa shape index (κ2) is 14.8. The molecule has 276 valence electrons. The lowest BCUT2D eigenvalue weighted by molar-refractivity contribution is -0.0361. The van der Waals surface area contributed by atoms with Crippen molar-refractivity contribution in [3.8, 4) is 65.5 Å². The molecule has 0 aliphatic carbocycles. The molecule has 0 radical (unpaired) electrons. The van der Waals surface area contributed by atoms with Gasteiger partial charge in [-0.15, -0.1) is 45.3 Å². The van der Waals surface area contributed by atoms with Crippen molar-refractivity contribution >= 4 is 45.3 Å². The Bertz CT molecular complexity index is 1700. The minimum absolute atomic E-state index is 0.357. The van der Waals surface area contributed by atoms with E-state index >= 15 is 0 Å². The Kier molecular flexibility index (Phi) is 10.2. The number of hydrogen-bond acceptors (Lipinski definition) is 16. The third-order valence-electron chi connectivity index (χ3n) is 9.01. The first kappa shape index (κ1) is 35.1. The van der Waals surface area contributed by atoms with Crippen molar-refractivity contribution in [2.45, 2.75) is 6.42 Å². The summed E-state index contributed by atoms with van der Waals surface area (Å²) in [5, 5.41) is 3.98. The monoisotopic (exact) mass is 780 g/mol. The minimum Gasteiger partial charge on any atom is -0.488 e. The summed E-state index contributed by atoms with van der Waals surface area (Å²) in [5.74, 6) is 5.70. The van der Waals surface area contributed by atoms with Crippen LogP contribution in [-0.4, -0.2) is 108 Å². The Morgan fingerprint density at radius 1 is 0.471 bits per heavy atom. The van der Waals surface area contributed by atoms with Crippen LogP contribution in [0.3, 0.4) is 0 Å². The van der Waals surface area contributed by atoms with Gasteiger partial charge in [0.05, 0.1) is 66.5 Å². The first-order valence-electron chi connectivity index (χ1n) is 16.5. The lowest BCUT2D eigenvalue weighted by atomic mass is 9.92. The molecular formula is C35H40O12S4. The third-order valence-corrected chi connectivity index (χ3v) is 13.5. The van der Waals surface area contributed by atoms with Crippen LogP contribution in [0.4, 0.5) is 0 Å². The largest absolute Gasteiger partial charge is 0.488 e. The fourth-order valence-electron chi connectivity index (χ4n) is 6.79. The van der Waals surface area contributed by atoms with Crippen molar-refractivity contribution in [3.63, 3.8) is 0 Å². The number of hydrogen-bond donors (Lipinski definition) is 0. The number of fused-ring (bicyclic) bond motifs is 4. The third kappa shape index (κ3) is 6.51. The van der Waals surface area contributed by atoms with Crippen molar-refractivity contribution in [1.82, 2.24) is 0 Å². The van der Waals surface area contributed by atoms with Crippen molar-refractivity contribution in [1.29, 1.82) is 0 Å². The first-order chi connectivity index (χ1) is 25.0. The van der Waals surface area contributed by atoms with E-state index < -0.39 is 10.8 Å². The van der Waals surface area contributed by atoms with Crippen LogP contribution in [0.5, 0.6) is 46.0 Å². The highest BCUT2D eigenvalue weighted by atomic mass is 32.1. The predicted molar refractivity (Wildman–Crippen MR) is 194 cm³/mol. The summed E-state index contributed by atoms with van der Waals surface area (Å²) in [5.41, 5.74) is -1.00. The molecule has 0 saturated heterocycles. The Hall–Kier alpha value is -2.96. The zero-order valence-electron chi connectivity index (χ0n) is 28.9. The highest BCUT2D eigenvalue weighted by molar-refractivity contribution is 7.23. The van der Waals surface area contributed by atoms with Crippen LogP contribution in [0.2, 0.25) is 0 Å². The highest BCUT2D eigenvalue weighted by Crippen LogP contribution is 2.60. The van der Waals surface area contributed by atoms with Gasteiger partial charge in [0.25, 0.3) is 0 Å². The minimum atomic E-state index is -0.500. The molecule has 0 bridgehead atoms. The lowest BCUT2D eigenvalue weighted by Gasteiger charge is -2.29. The molecule has 51 heavy (non-hydrogen) atoms. The molecule has 12 nitrogen and oxygen atoms in total. The molecule has 0 atom stereocenters. The highest BCUT2D eigenvalue weighted by Gasteiger charge is 2.42. The number of thiophene rings is 4. The molecule has 4 aliphatic rings. The van der Waals surface area contributed by atoms with E-state index in [0.717, 1.165) is 52.3 Å². The van der Waals surface area contributed by atoms with Gasteiger partial charge in [-0.25, -0.2) is 0 Å². The second-order valence-electron chi connectivity index (χ2n) is 13.0. The van der Waals surface area contributed by atoms with Gasteiger partial charge in [0.1, 0.15) is 52.9 Å². The smallest absolute Gasteiger partial charge is 0.181 e. The number of methoxy groups -OCH3 is 4. The molecule has 0 N–H and O–H groups in total. The van der Waals surface area contributed by atoms with E-state index in [1.165, 1.54) is 0 Å². The fraction of sp³-hybridized carbons (Fsp3) is 0.543. The van der Waals surface area contributed by atoms with Gasteiger partial charge in [0, 0.05) is 45.6 Å². The van der Waals surface area contributed by atoms with Gasteiger partial charge in [0.15, 0.2) is 46.0 Å². The van der Waals surface area contributed by atoms with Gasteiger partial charge >= 0.3 is 0 Å². The van der Waals surface area contributed by atoms with Crippen molar-refractivity contribution < 1.29 is 56.8 Å². The molecule has 4 aliphatic heterocycles. The van der Waals surface area contributed by atoms with Crippen LogP contribution in [0.15, 0.2) is 10.8 Å². The summed E-state index contributed by atoms with van der Waals surface area (Å²) in [6.45, 7) is 5.09. The normalized spacial score (nSPS) is 18.3. The van der Waals surface area contributed by atoms with Gasteiger partial charge < -0.3 is 56.8 Å². The quantitative estimate of drug-likeness (QED) is 0.157. The Morgan fingerprint density at radius 2 is 0.843 bits per heavy atom. The Morgan fingerprint density at radius 3 is 1.24 bits per heavy atom. The average molecular weight is 781 g/mol. The SMILES string of the molecule is COCC1(COC)COc2c(Cc3sc(-c4scc5c4OCCO5)c4c3OCC(COC)(COC)CO4)sc(-c3scc4c3OCCO4)c2OC1. The second-order valence-corrected chi connectivity index (χ2v) is 17.0. The van der Waals surface area contributed by atoms with E-state index in [1.807, 2.05) is 10.8 Å². The maximum Gasteiger partial charge on any atom is 0.181 e. The molecule has 8 rings (SSSR count). The van der Waals surface area contributed by atoms with Crippen molar-refractivity contribution in [3.05, 3.63) is 20.5 Å². The van der Waals surface area contributed by atoms with Gasteiger partial charge in [-0.3, -0.25) is 0 Å². The summed E-state index contributed by atoms with van der Waals surface area (Å²) in [6, 6.07) is 0. The standard InChI is InChI=1S/C35H40O12S4/c1-36-12-34(13-37-2)16-44-26-22(50-32(28(26)46-18-34)30-24-20(10-48-30)40-5-7-42-24)9-23-27-29(47-19-35(14-38-3,15-39-4)17-45-27)33(51-23)31-25-21(11-49-31)41-6-8-43-25/h10-11H,5-9,12-19H2,1-4H3. The molecule has 4 aromatic rings. The van der Waals surface area contributed by atoms with Gasteiger partial charge in [-0.05, 0) is 0 Å². The van der Waals surface area contributed by atoms with E-state index in [-0.39, 0.29) is 0 Å². The topological polar surface area (TPSA) is 111 Å². The summed E-state index contributed by atoms with van der Waals surface area (Å²) in [4.78, 5) is 5.73. The Balaban J connectivity index is 1.23. The van der Waals surface area contributed by atoms with Crippen LogP contribution < -0.4 is 37.9 Å². The van der Waals surface area contributed by atoms with E-state index in [2.05, 4.69) is 0 Å². The van der Waals surface area contributed by atoms with Crippen molar-refractivity contribution in [2.24, 2.45) is 10.8 Å². The molecular weight excluding hydrogens is 741 g/mol. The molecule has 0 saturated carbocycles. The summed E-state index contributed by atoms with van der Waals surface area (Å²) < 4.78 is 73.5. The molecule has 0 spiro atoms. The molecule has 8 heterocycles. The maximum absolute atomic E-state index is 6.74. The van der Waals surface area contributed by atoms with Crippen LogP contribution in [0.1, 0.15) is 9.75 Å². The Labute approximate surface area is 311 Å². The molecule has 0 unspecified atom stereocenters. The molecule has 16 heteroatoms. The summed E-state index contributed by atoms with van der Waals surface area (Å²) in [6.07, 6.45) is 0.506. The number of ether oxygens (including phenoxy) is 12. The van der Waals surface area contributed by atoms with Crippen LogP contribution in [0, 0.1) is 10.8 Å². The summed E-state index contributed by atoms with van der Waals surface area (Å²) >= 11 is 6.40. The number of rotatable bonds is 12. The predicted octanol–water partition coefficient (Wildman–Crippen LogP) is 6.50. The maximum atomic E-state index is 6.74. The lowest BCUT2D eigenvalue weighted by Crippen LogP contribution is -2.42. The molecule has 0 amide bonds. The zero-order valence-corrected chi connectivity index (χ0v) is 32.1. The average Bonchev–Trinajstić information content (AvgIpc) is 3.86. The molecule has 4 aromatic heterocycles. The fourth-order valence-corrected chi connectivity index (χ4v) is 11.4. The van der Waals surface area contributed by atoms with Gasteiger partial charge in [-0.2, -0.15) is 0 Å². The van der Waals surface area contributed by atoms with Crippen LogP contribution in [0.25, 0.3) is 19.5 Å². The molecule has 0 aromatic carbocycles. The van der Waals surface area contributed by atoms with E-state index in [4.69, 9.17) is 56.8 Å². The van der Waals surface area contributed by atoms with Crippen LogP contribution in [-0.2, 0) is 25.4 Å². The van der Waals surface area contributed by atoms with E-state index in [1.54, 1.807) is 73.8 Å². The molecule has 0 fully saturated rings. The zero-order chi connectivity index (χ0) is 35.0. The first-order valence-corrected chi connectivity index (χ1v) is 19.9. The van der Waals surface area contributed by atoms with Gasteiger partial charge in [-0.1, -0.05) is 0 Å². The van der Waals surface area contributed by atoms with Gasteiger partial charge in [0.2, 0.25) is 0 Å². The van der Waals surface area contributed by atoms with Crippen LogP contribution >= 0.6 is 45.3 Å². The van der Waals surface area contributed by atoms with E-state index in [9.17, 15) is 0 Å². The van der Waals surface area contributed by atoms with Crippen molar-refractivity contribution in [2.75, 3.05) is 108 Å². The summed E-state index contributed by atoms with van der Waals surface area (Å²) in [7, 11) is 6.73.